The van der Waals surface area contributed by atoms with Crippen LogP contribution in [0.2, 0.25) is 0 Å². The number of hydrogen-bond acceptors (Lipinski definition) is 4. The van der Waals surface area contributed by atoms with Crippen molar-refractivity contribution in [1.29, 1.82) is 0 Å². The summed E-state index contributed by atoms with van der Waals surface area (Å²) in [5.74, 6) is 0.269. The summed E-state index contributed by atoms with van der Waals surface area (Å²) in [5.41, 5.74) is 2.33. The predicted molar refractivity (Wildman–Crippen MR) is 92.6 cm³/mol. The Morgan fingerprint density at radius 2 is 2.12 bits per heavy atom. The Kier molecular flexibility index (Phi) is 5.87. The van der Waals surface area contributed by atoms with E-state index in [-0.39, 0.29) is 24.0 Å². The Bertz CT molecular complexity index is 546. The predicted octanol–water partition coefficient (Wildman–Crippen LogP) is 1.47. The van der Waals surface area contributed by atoms with Crippen molar-refractivity contribution in [3.05, 3.63) is 35.4 Å². The molecule has 1 heterocycles. The van der Waals surface area contributed by atoms with Crippen LogP contribution in [0.15, 0.2) is 24.3 Å². The van der Waals surface area contributed by atoms with Gasteiger partial charge < -0.3 is 15.2 Å². The SMILES string of the molecule is Cc1ccc(CNC(=O)CN2CCOCC2C2CCCC2O)cc1. The minimum Gasteiger partial charge on any atom is -0.393 e. The van der Waals surface area contributed by atoms with Crippen LogP contribution in [0.5, 0.6) is 0 Å². The highest BCUT2D eigenvalue weighted by Gasteiger charge is 2.38. The van der Waals surface area contributed by atoms with Crippen LogP contribution in [0.1, 0.15) is 30.4 Å². The van der Waals surface area contributed by atoms with E-state index in [1.807, 2.05) is 12.1 Å². The average molecular weight is 332 g/mol. The van der Waals surface area contributed by atoms with Crippen molar-refractivity contribution in [2.45, 2.75) is 44.9 Å². The number of morpholine rings is 1. The second-order valence-corrected chi connectivity index (χ2v) is 7.04. The van der Waals surface area contributed by atoms with E-state index in [9.17, 15) is 9.90 Å². The number of rotatable bonds is 5. The molecule has 1 aliphatic heterocycles. The van der Waals surface area contributed by atoms with Gasteiger partial charge in [-0.3, -0.25) is 9.69 Å². The molecule has 1 aliphatic carbocycles. The molecule has 1 aromatic carbocycles. The average Bonchev–Trinajstić information content (AvgIpc) is 3.01. The molecule has 1 saturated heterocycles. The maximum Gasteiger partial charge on any atom is 0.234 e. The number of benzene rings is 1. The van der Waals surface area contributed by atoms with Gasteiger partial charge in [0.2, 0.25) is 5.91 Å². The van der Waals surface area contributed by atoms with Gasteiger partial charge in [0.15, 0.2) is 0 Å². The van der Waals surface area contributed by atoms with Crippen molar-refractivity contribution in [2.75, 3.05) is 26.3 Å². The second kappa shape index (κ2) is 8.10. The number of nitrogens with one attached hydrogen (secondary N) is 1. The van der Waals surface area contributed by atoms with Gasteiger partial charge in [-0.05, 0) is 25.3 Å². The molecule has 3 unspecified atom stereocenters. The van der Waals surface area contributed by atoms with Crippen LogP contribution in [-0.4, -0.2) is 54.4 Å². The molecule has 0 bridgehead atoms. The number of ether oxygens (including phenoxy) is 1. The van der Waals surface area contributed by atoms with Crippen LogP contribution in [-0.2, 0) is 16.1 Å². The van der Waals surface area contributed by atoms with Gasteiger partial charge in [-0.15, -0.1) is 0 Å². The fourth-order valence-corrected chi connectivity index (χ4v) is 3.81. The molecule has 2 N–H and O–H groups in total. The molecule has 24 heavy (non-hydrogen) atoms. The Hall–Kier alpha value is -1.43. The summed E-state index contributed by atoms with van der Waals surface area (Å²) in [5, 5.41) is 13.2. The molecule has 2 fully saturated rings. The van der Waals surface area contributed by atoms with E-state index in [0.29, 0.717) is 26.3 Å². The summed E-state index contributed by atoms with van der Waals surface area (Å²) in [6.45, 7) is 5.02. The van der Waals surface area contributed by atoms with Crippen molar-refractivity contribution < 1.29 is 14.6 Å². The minimum atomic E-state index is -0.255. The van der Waals surface area contributed by atoms with Gasteiger partial charge >= 0.3 is 0 Å². The first kappa shape index (κ1) is 17.4. The van der Waals surface area contributed by atoms with Gasteiger partial charge in [0.1, 0.15) is 0 Å². The van der Waals surface area contributed by atoms with E-state index in [2.05, 4.69) is 29.3 Å². The number of amides is 1. The summed E-state index contributed by atoms with van der Waals surface area (Å²) in [4.78, 5) is 14.5. The summed E-state index contributed by atoms with van der Waals surface area (Å²) in [6, 6.07) is 8.35. The third-order valence-corrected chi connectivity index (χ3v) is 5.26. The van der Waals surface area contributed by atoms with E-state index in [4.69, 9.17) is 4.74 Å². The molecule has 5 nitrogen and oxygen atoms in total. The molecular formula is C19H28N2O3. The molecule has 0 aromatic heterocycles. The van der Waals surface area contributed by atoms with Crippen molar-refractivity contribution in [3.8, 4) is 0 Å². The summed E-state index contributed by atoms with van der Waals surface area (Å²) >= 11 is 0. The van der Waals surface area contributed by atoms with Gasteiger partial charge in [-0.2, -0.15) is 0 Å². The number of aliphatic hydroxyl groups excluding tert-OH is 1. The lowest BCUT2D eigenvalue weighted by Crippen LogP contribution is -2.53. The van der Waals surface area contributed by atoms with E-state index < -0.39 is 0 Å². The zero-order valence-electron chi connectivity index (χ0n) is 14.4. The Morgan fingerprint density at radius 1 is 1.33 bits per heavy atom. The topological polar surface area (TPSA) is 61.8 Å². The van der Waals surface area contributed by atoms with Crippen LogP contribution in [0.25, 0.3) is 0 Å². The highest BCUT2D eigenvalue weighted by Crippen LogP contribution is 2.32. The first-order valence-electron chi connectivity index (χ1n) is 8.95. The zero-order chi connectivity index (χ0) is 16.9. The Morgan fingerprint density at radius 3 is 2.83 bits per heavy atom. The minimum absolute atomic E-state index is 0.0370. The van der Waals surface area contributed by atoms with Crippen LogP contribution < -0.4 is 5.32 Å². The van der Waals surface area contributed by atoms with Crippen molar-refractivity contribution in [1.82, 2.24) is 10.2 Å². The molecule has 132 valence electrons. The lowest BCUT2D eigenvalue weighted by molar-refractivity contribution is -0.126. The van der Waals surface area contributed by atoms with E-state index in [0.717, 1.165) is 31.4 Å². The Labute approximate surface area is 144 Å². The molecule has 3 atom stereocenters. The lowest BCUT2D eigenvalue weighted by Gasteiger charge is -2.39. The van der Waals surface area contributed by atoms with Crippen LogP contribution in [0, 0.1) is 12.8 Å². The van der Waals surface area contributed by atoms with Crippen molar-refractivity contribution >= 4 is 5.91 Å². The smallest absolute Gasteiger partial charge is 0.234 e. The number of carbonyl (C=O) groups excluding carboxylic acids is 1. The largest absolute Gasteiger partial charge is 0.393 e. The maximum atomic E-state index is 12.3. The van der Waals surface area contributed by atoms with Crippen molar-refractivity contribution in [2.24, 2.45) is 5.92 Å². The van der Waals surface area contributed by atoms with E-state index >= 15 is 0 Å². The maximum absolute atomic E-state index is 12.3. The monoisotopic (exact) mass is 332 g/mol. The van der Waals surface area contributed by atoms with E-state index in [1.54, 1.807) is 0 Å². The molecule has 1 saturated carbocycles. The number of nitrogens with zero attached hydrogens (tertiary/aromatic N) is 1. The van der Waals surface area contributed by atoms with Gasteiger partial charge in [0.25, 0.3) is 0 Å². The molecule has 2 aliphatic rings. The third-order valence-electron chi connectivity index (χ3n) is 5.26. The summed E-state index contributed by atoms with van der Waals surface area (Å²) in [6.07, 6.45) is 2.70. The van der Waals surface area contributed by atoms with Crippen molar-refractivity contribution in [3.63, 3.8) is 0 Å². The standard InChI is InChI=1S/C19H28N2O3/c1-14-5-7-15(8-6-14)11-20-19(23)12-21-9-10-24-13-17(21)16-3-2-4-18(16)22/h5-8,16-18,22H,2-4,9-13H2,1H3,(H,20,23). The molecule has 3 rings (SSSR count). The fourth-order valence-electron chi connectivity index (χ4n) is 3.81. The number of hydrogen-bond donors (Lipinski definition) is 2. The summed E-state index contributed by atoms with van der Waals surface area (Å²) in [7, 11) is 0. The van der Waals surface area contributed by atoms with E-state index in [1.165, 1.54) is 5.56 Å². The fraction of sp³-hybridized carbons (Fsp3) is 0.632. The first-order valence-corrected chi connectivity index (χ1v) is 8.95. The Balaban J connectivity index is 1.52. The molecule has 0 spiro atoms. The zero-order valence-corrected chi connectivity index (χ0v) is 14.4. The quantitative estimate of drug-likeness (QED) is 0.857. The molecule has 1 amide bonds. The highest BCUT2D eigenvalue weighted by molar-refractivity contribution is 5.78. The van der Waals surface area contributed by atoms with Gasteiger partial charge in [0, 0.05) is 25.0 Å². The van der Waals surface area contributed by atoms with Gasteiger partial charge in [0.05, 0.1) is 25.9 Å². The molecular weight excluding hydrogens is 304 g/mol. The molecule has 0 radical (unpaired) electrons. The van der Waals surface area contributed by atoms with Gasteiger partial charge in [-0.1, -0.05) is 36.2 Å². The normalized spacial score (nSPS) is 28.0. The number of aliphatic hydroxyl groups is 1. The number of carbonyl (C=O) groups is 1. The van der Waals surface area contributed by atoms with Crippen LogP contribution in [0.3, 0.4) is 0 Å². The van der Waals surface area contributed by atoms with Crippen LogP contribution >= 0.6 is 0 Å². The third kappa shape index (κ3) is 4.35. The molecule has 5 heteroatoms. The molecule has 1 aromatic rings. The van der Waals surface area contributed by atoms with Crippen LogP contribution in [0.4, 0.5) is 0 Å². The first-order chi connectivity index (χ1) is 11.6. The summed E-state index contributed by atoms with van der Waals surface area (Å²) < 4.78 is 5.61. The second-order valence-electron chi connectivity index (χ2n) is 7.04. The lowest BCUT2D eigenvalue weighted by atomic mass is 9.94. The van der Waals surface area contributed by atoms with Gasteiger partial charge in [-0.25, -0.2) is 0 Å². The highest BCUT2D eigenvalue weighted by atomic mass is 16.5. The number of aryl methyl sites for hydroxylation is 1.